The second kappa shape index (κ2) is 4.63. The Morgan fingerprint density at radius 2 is 1.48 bits per heavy atom. The lowest BCUT2D eigenvalue weighted by atomic mass is 10.1. The van der Waals surface area contributed by atoms with Crippen molar-refractivity contribution in [2.24, 2.45) is 0 Å². The molecule has 0 saturated carbocycles. The lowest BCUT2D eigenvalue weighted by Crippen LogP contribution is -1.95. The van der Waals surface area contributed by atoms with Gasteiger partial charge in [0.15, 0.2) is 0 Å². The average Bonchev–Trinajstić information content (AvgIpc) is 3.10. The van der Waals surface area contributed by atoms with Gasteiger partial charge in [0, 0.05) is 11.8 Å². The Balaban J connectivity index is 1.93. The molecule has 0 aliphatic rings. The molecule has 0 N–H and O–H groups in total. The molecule has 2 aromatic heterocycles. The van der Waals surface area contributed by atoms with Crippen LogP contribution in [0.4, 0.5) is 0 Å². The van der Waals surface area contributed by atoms with Crippen molar-refractivity contribution in [2.45, 2.75) is 6.92 Å². The molecule has 2 aromatic carbocycles. The maximum atomic E-state index is 4.63. The van der Waals surface area contributed by atoms with Gasteiger partial charge in [0.2, 0.25) is 0 Å². The zero-order valence-corrected chi connectivity index (χ0v) is 11.8. The van der Waals surface area contributed by atoms with Crippen LogP contribution < -0.4 is 0 Å². The molecule has 0 radical (unpaired) electrons. The number of hydrogen-bond acceptors (Lipinski definition) is 1. The fourth-order valence-electron chi connectivity index (χ4n) is 2.67. The Kier molecular flexibility index (Phi) is 2.64. The van der Waals surface area contributed by atoms with Crippen molar-refractivity contribution in [1.82, 2.24) is 14.2 Å². The minimum Gasteiger partial charge on any atom is -0.288 e. The molecule has 0 unspecified atom stereocenters. The summed E-state index contributed by atoms with van der Waals surface area (Å²) in [4.78, 5) is 0. The van der Waals surface area contributed by atoms with E-state index in [9.17, 15) is 0 Å². The van der Waals surface area contributed by atoms with E-state index in [4.69, 9.17) is 0 Å². The SMILES string of the molecule is Cc1nn(-c2ccccc2)c2cc(-c3ccccc3)cn12. The molecule has 0 bridgehead atoms. The first-order valence-corrected chi connectivity index (χ1v) is 7.01. The summed E-state index contributed by atoms with van der Waals surface area (Å²) in [6.07, 6.45) is 2.15. The summed E-state index contributed by atoms with van der Waals surface area (Å²) >= 11 is 0. The number of nitrogens with zero attached hydrogens (tertiary/aromatic N) is 3. The third-order valence-electron chi connectivity index (χ3n) is 3.72. The highest BCUT2D eigenvalue weighted by Crippen LogP contribution is 2.24. The van der Waals surface area contributed by atoms with E-state index in [1.54, 1.807) is 0 Å². The van der Waals surface area contributed by atoms with Crippen LogP contribution in [0.5, 0.6) is 0 Å². The Morgan fingerprint density at radius 3 is 2.19 bits per heavy atom. The van der Waals surface area contributed by atoms with Gasteiger partial charge in [0.25, 0.3) is 0 Å². The number of hydrogen-bond donors (Lipinski definition) is 0. The molecule has 21 heavy (non-hydrogen) atoms. The Hall–Kier alpha value is -2.81. The first-order valence-electron chi connectivity index (χ1n) is 7.01. The lowest BCUT2D eigenvalue weighted by molar-refractivity contribution is 0.883. The van der Waals surface area contributed by atoms with Gasteiger partial charge in [-0.3, -0.25) is 4.40 Å². The molecule has 102 valence electrons. The van der Waals surface area contributed by atoms with Gasteiger partial charge in [-0.25, -0.2) is 4.68 Å². The standard InChI is InChI=1S/C18H15N3/c1-14-19-21(17-10-6-3-7-11-17)18-12-16(13-20(14)18)15-8-4-2-5-9-15/h2-13H,1H3. The van der Waals surface area contributed by atoms with E-state index in [2.05, 4.69) is 58.2 Å². The molecular weight excluding hydrogens is 258 g/mol. The summed E-state index contributed by atoms with van der Waals surface area (Å²) in [6.45, 7) is 2.03. The molecule has 2 heterocycles. The second-order valence-electron chi connectivity index (χ2n) is 5.12. The summed E-state index contributed by atoms with van der Waals surface area (Å²) in [5.74, 6) is 0.982. The third-order valence-corrected chi connectivity index (χ3v) is 3.72. The number of aromatic nitrogens is 3. The molecule has 4 rings (SSSR count). The predicted octanol–water partition coefficient (Wildman–Crippen LogP) is 4.10. The van der Waals surface area contributed by atoms with Gasteiger partial charge in [-0.15, -0.1) is 0 Å². The number of para-hydroxylation sites is 1. The fraction of sp³-hybridized carbons (Fsp3) is 0.0556. The van der Waals surface area contributed by atoms with E-state index in [0.717, 1.165) is 17.2 Å². The van der Waals surface area contributed by atoms with E-state index in [1.165, 1.54) is 11.1 Å². The van der Waals surface area contributed by atoms with Crippen molar-refractivity contribution in [3.05, 3.63) is 78.8 Å². The van der Waals surface area contributed by atoms with Crippen LogP contribution in [0.2, 0.25) is 0 Å². The summed E-state index contributed by atoms with van der Waals surface area (Å²) in [5, 5.41) is 4.63. The fourth-order valence-corrected chi connectivity index (χ4v) is 2.67. The molecule has 0 amide bonds. The molecule has 3 nitrogen and oxygen atoms in total. The lowest BCUT2D eigenvalue weighted by Gasteiger charge is -2.00. The Bertz CT molecular complexity index is 886. The Morgan fingerprint density at radius 1 is 0.810 bits per heavy atom. The van der Waals surface area contributed by atoms with Crippen LogP contribution in [0, 0.1) is 6.92 Å². The van der Waals surface area contributed by atoms with E-state index >= 15 is 0 Å². The van der Waals surface area contributed by atoms with Crippen LogP contribution in [-0.2, 0) is 0 Å². The van der Waals surface area contributed by atoms with Gasteiger partial charge in [-0.05, 0) is 30.7 Å². The van der Waals surface area contributed by atoms with E-state index in [-0.39, 0.29) is 0 Å². The van der Waals surface area contributed by atoms with Crippen LogP contribution >= 0.6 is 0 Å². The third kappa shape index (κ3) is 1.94. The zero-order valence-electron chi connectivity index (χ0n) is 11.8. The quantitative estimate of drug-likeness (QED) is 0.539. The van der Waals surface area contributed by atoms with Crippen molar-refractivity contribution in [3.63, 3.8) is 0 Å². The number of fused-ring (bicyclic) bond motifs is 1. The zero-order chi connectivity index (χ0) is 14.2. The summed E-state index contributed by atoms with van der Waals surface area (Å²) in [6, 6.07) is 22.8. The van der Waals surface area contributed by atoms with Gasteiger partial charge in [-0.2, -0.15) is 5.10 Å². The van der Waals surface area contributed by atoms with Crippen LogP contribution in [0.15, 0.2) is 72.9 Å². The molecule has 0 aliphatic carbocycles. The maximum Gasteiger partial charge on any atom is 0.140 e. The molecule has 0 saturated heterocycles. The number of benzene rings is 2. The van der Waals surface area contributed by atoms with Crippen molar-refractivity contribution in [2.75, 3.05) is 0 Å². The van der Waals surface area contributed by atoms with Gasteiger partial charge in [0.1, 0.15) is 11.5 Å². The highest BCUT2D eigenvalue weighted by atomic mass is 15.4. The van der Waals surface area contributed by atoms with Crippen molar-refractivity contribution >= 4 is 5.65 Å². The van der Waals surface area contributed by atoms with Crippen LogP contribution in [0.3, 0.4) is 0 Å². The van der Waals surface area contributed by atoms with Crippen molar-refractivity contribution in [3.8, 4) is 16.8 Å². The summed E-state index contributed by atoms with van der Waals surface area (Å²) < 4.78 is 4.12. The van der Waals surface area contributed by atoms with Crippen LogP contribution in [-0.4, -0.2) is 14.2 Å². The first-order chi connectivity index (χ1) is 10.3. The molecule has 4 aromatic rings. The molecule has 0 atom stereocenters. The highest BCUT2D eigenvalue weighted by Gasteiger charge is 2.11. The largest absolute Gasteiger partial charge is 0.288 e. The van der Waals surface area contributed by atoms with E-state index < -0.39 is 0 Å². The van der Waals surface area contributed by atoms with E-state index in [0.29, 0.717) is 0 Å². The van der Waals surface area contributed by atoms with Gasteiger partial charge >= 0.3 is 0 Å². The Labute approximate surface area is 123 Å². The topological polar surface area (TPSA) is 22.2 Å². The average molecular weight is 273 g/mol. The van der Waals surface area contributed by atoms with E-state index in [1.807, 2.05) is 35.9 Å². The highest BCUT2D eigenvalue weighted by molar-refractivity contribution is 5.69. The maximum absolute atomic E-state index is 4.63. The number of aryl methyl sites for hydroxylation is 1. The normalized spacial score (nSPS) is 11.1. The van der Waals surface area contributed by atoms with Crippen molar-refractivity contribution in [1.29, 1.82) is 0 Å². The van der Waals surface area contributed by atoms with Crippen LogP contribution in [0.25, 0.3) is 22.5 Å². The monoisotopic (exact) mass is 273 g/mol. The minimum atomic E-state index is 0.982. The number of rotatable bonds is 2. The van der Waals surface area contributed by atoms with Gasteiger partial charge < -0.3 is 0 Å². The van der Waals surface area contributed by atoms with Crippen molar-refractivity contribution < 1.29 is 0 Å². The smallest absolute Gasteiger partial charge is 0.140 e. The molecule has 0 aliphatic heterocycles. The van der Waals surface area contributed by atoms with Crippen LogP contribution in [0.1, 0.15) is 5.82 Å². The molecule has 0 fully saturated rings. The molecule has 0 spiro atoms. The summed E-state index contributed by atoms with van der Waals surface area (Å²) in [7, 11) is 0. The predicted molar refractivity (Wildman–Crippen MR) is 84.7 cm³/mol. The van der Waals surface area contributed by atoms with Gasteiger partial charge in [-0.1, -0.05) is 48.5 Å². The van der Waals surface area contributed by atoms with Gasteiger partial charge in [0.05, 0.1) is 5.69 Å². The first kappa shape index (κ1) is 12.0. The summed E-state index contributed by atoms with van der Waals surface area (Å²) in [5.41, 5.74) is 4.59. The minimum absolute atomic E-state index is 0.982. The molecular formula is C18H15N3. The molecule has 3 heteroatoms. The second-order valence-corrected chi connectivity index (χ2v) is 5.12.